The Morgan fingerprint density at radius 2 is 1.61 bits per heavy atom. The second kappa shape index (κ2) is 12.4. The molecule has 0 spiro atoms. The summed E-state index contributed by atoms with van der Waals surface area (Å²) >= 11 is 0. The van der Waals surface area contributed by atoms with E-state index < -0.39 is 0 Å². The Morgan fingerprint density at radius 1 is 0.863 bits per heavy atom. The van der Waals surface area contributed by atoms with Crippen molar-refractivity contribution >= 4 is 11.9 Å². The number of carbonyl (C=O) groups is 2. The van der Waals surface area contributed by atoms with Gasteiger partial charge in [-0.1, -0.05) is 75.3 Å². The van der Waals surface area contributed by atoms with E-state index in [4.69, 9.17) is 9.15 Å². The maximum absolute atomic E-state index is 14.7. The van der Waals surface area contributed by atoms with Gasteiger partial charge in [0.15, 0.2) is 0 Å². The summed E-state index contributed by atoms with van der Waals surface area (Å²) in [7, 11) is 0. The van der Waals surface area contributed by atoms with E-state index in [0.717, 1.165) is 50.3 Å². The van der Waals surface area contributed by atoms with Crippen molar-refractivity contribution in [1.29, 1.82) is 0 Å². The molecule has 0 radical (unpaired) electrons. The predicted molar refractivity (Wildman–Crippen MR) is 200 cm³/mol. The number of amides is 1. The third-order valence-corrected chi connectivity index (χ3v) is 17.7. The molecule has 1 N–H and O–H groups in total. The van der Waals surface area contributed by atoms with Gasteiger partial charge in [-0.25, -0.2) is 0 Å². The zero-order valence-electron chi connectivity index (χ0n) is 33.8. The molecule has 284 valence electrons. The summed E-state index contributed by atoms with van der Waals surface area (Å²) in [5, 5.41) is 12.4. The maximum Gasteiger partial charge on any atom is 0.311 e. The molecule has 51 heavy (non-hydrogen) atoms. The Hall–Kier alpha value is -2.18. The van der Waals surface area contributed by atoms with Crippen LogP contribution in [0.2, 0.25) is 0 Å². The number of allylic oxidation sites excluding steroid dienone is 1. The zero-order chi connectivity index (χ0) is 36.9. The van der Waals surface area contributed by atoms with E-state index in [9.17, 15) is 9.59 Å². The lowest BCUT2D eigenvalue weighted by Crippen LogP contribution is -2.67. The fourth-order valence-corrected chi connectivity index (χ4v) is 14.6. The van der Waals surface area contributed by atoms with Gasteiger partial charge in [0, 0.05) is 24.8 Å². The number of esters is 1. The number of carbonyl (C=O) groups excluding carboxylic acids is 2. The monoisotopic (exact) mass is 704 g/mol. The fraction of sp³-hybridized carbons (Fsp3) is 0.864. The van der Waals surface area contributed by atoms with Crippen molar-refractivity contribution in [3.63, 3.8) is 0 Å². The van der Waals surface area contributed by atoms with Crippen LogP contribution in [0.3, 0.4) is 0 Å². The lowest BCUT2D eigenvalue weighted by molar-refractivity contribution is -0.240. The van der Waals surface area contributed by atoms with Crippen LogP contribution in [0.15, 0.2) is 16.8 Å². The standard InChI is InChI=1S/C44H69N3O4/c1-26(2)23-35-46-47-37(51-35)31-25-34(40(31,7)8)45-38(49)44-18-12-13-30(44)29-14-15-33-41(9)19-16-28(24-36(48)50-27(3)4)39(5,6)32(41)17-20-43(33,11)42(29,10)21-22-44/h26,28-34H,3,12-25H2,1-2,4-11H3,(H,45,49)/t28-,29+,30+,31+,32+,33+,34+,41+,42+,43+,44-/m0/s1. The van der Waals surface area contributed by atoms with Crippen LogP contribution in [0, 0.1) is 68.0 Å². The summed E-state index contributed by atoms with van der Waals surface area (Å²) in [6.07, 6.45) is 15.1. The Morgan fingerprint density at radius 3 is 2.29 bits per heavy atom. The van der Waals surface area contributed by atoms with E-state index in [2.05, 4.69) is 84.4 Å². The van der Waals surface area contributed by atoms with Gasteiger partial charge in [0.1, 0.15) is 0 Å². The Balaban J connectivity index is 1.06. The molecule has 0 bridgehead atoms. The predicted octanol–water partition coefficient (Wildman–Crippen LogP) is 10.2. The van der Waals surface area contributed by atoms with Gasteiger partial charge in [0.2, 0.25) is 17.7 Å². The first kappa shape index (κ1) is 37.1. The van der Waals surface area contributed by atoms with Crippen LogP contribution in [0.4, 0.5) is 0 Å². The highest BCUT2D eigenvalue weighted by Gasteiger charge is 2.71. The molecule has 6 aliphatic carbocycles. The molecule has 11 atom stereocenters. The molecule has 0 saturated heterocycles. The van der Waals surface area contributed by atoms with Crippen LogP contribution in [0.1, 0.15) is 170 Å². The minimum absolute atomic E-state index is 0.0830. The molecule has 0 aliphatic heterocycles. The lowest BCUT2D eigenvalue weighted by Gasteiger charge is -2.73. The van der Waals surface area contributed by atoms with Gasteiger partial charge in [0.05, 0.1) is 11.2 Å². The normalized spacial score (nSPS) is 43.5. The van der Waals surface area contributed by atoms with Crippen molar-refractivity contribution in [2.24, 2.45) is 68.0 Å². The summed E-state index contributed by atoms with van der Waals surface area (Å²) in [5.74, 6) is 5.52. The van der Waals surface area contributed by atoms with Gasteiger partial charge in [0.25, 0.3) is 0 Å². The Kier molecular flexibility index (Phi) is 9.06. The summed E-state index contributed by atoms with van der Waals surface area (Å²) in [6, 6.07) is 0.129. The first-order chi connectivity index (χ1) is 23.8. The van der Waals surface area contributed by atoms with Gasteiger partial charge >= 0.3 is 5.97 Å². The average molecular weight is 704 g/mol. The number of nitrogens with one attached hydrogen (secondary N) is 1. The second-order valence-electron chi connectivity index (χ2n) is 21.0. The molecular formula is C44H69N3O4. The molecule has 7 rings (SSSR count). The first-order valence-corrected chi connectivity index (χ1v) is 20.8. The fourth-order valence-electron chi connectivity index (χ4n) is 14.6. The summed E-state index contributed by atoms with van der Waals surface area (Å²) < 4.78 is 11.6. The number of nitrogens with zero attached hydrogens (tertiary/aromatic N) is 2. The van der Waals surface area contributed by atoms with Crippen LogP contribution in [0.25, 0.3) is 0 Å². The number of hydrogen-bond donors (Lipinski definition) is 1. The van der Waals surface area contributed by atoms with Crippen LogP contribution in [-0.4, -0.2) is 28.1 Å². The van der Waals surface area contributed by atoms with Crippen molar-refractivity contribution < 1.29 is 18.7 Å². The zero-order valence-corrected chi connectivity index (χ0v) is 33.8. The average Bonchev–Trinajstić information content (AvgIpc) is 3.67. The molecular weight excluding hydrogens is 635 g/mol. The largest absolute Gasteiger partial charge is 0.432 e. The first-order valence-electron chi connectivity index (χ1n) is 20.8. The minimum atomic E-state index is -0.233. The van der Waals surface area contributed by atoms with Gasteiger partial charge in [-0.3, -0.25) is 9.59 Å². The van der Waals surface area contributed by atoms with E-state index in [1.54, 1.807) is 6.92 Å². The molecule has 6 aliphatic rings. The third kappa shape index (κ3) is 5.52. The van der Waals surface area contributed by atoms with Crippen LogP contribution in [-0.2, 0) is 20.7 Å². The molecule has 7 nitrogen and oxygen atoms in total. The number of aromatic nitrogens is 2. The number of ether oxygens (including phenoxy) is 1. The van der Waals surface area contributed by atoms with Crippen LogP contribution < -0.4 is 5.32 Å². The minimum Gasteiger partial charge on any atom is -0.432 e. The molecule has 0 aromatic carbocycles. The lowest BCUT2D eigenvalue weighted by atomic mass is 9.32. The quantitative estimate of drug-likeness (QED) is 0.214. The van der Waals surface area contributed by atoms with Gasteiger partial charge in [-0.15, -0.1) is 10.2 Å². The van der Waals surface area contributed by atoms with Crippen molar-refractivity contribution in [3.05, 3.63) is 24.1 Å². The van der Waals surface area contributed by atoms with Gasteiger partial charge < -0.3 is 14.5 Å². The van der Waals surface area contributed by atoms with Crippen molar-refractivity contribution in [3.8, 4) is 0 Å². The van der Waals surface area contributed by atoms with E-state index in [1.165, 1.54) is 44.9 Å². The summed E-state index contributed by atoms with van der Waals surface area (Å²) in [5.41, 5.74) is 0.490. The van der Waals surface area contributed by atoms with Crippen molar-refractivity contribution in [2.75, 3.05) is 0 Å². The van der Waals surface area contributed by atoms with Gasteiger partial charge in [-0.2, -0.15) is 0 Å². The highest BCUT2D eigenvalue weighted by molar-refractivity contribution is 5.84. The van der Waals surface area contributed by atoms with Crippen molar-refractivity contribution in [1.82, 2.24) is 15.5 Å². The molecule has 1 heterocycles. The maximum atomic E-state index is 14.7. The second-order valence-corrected chi connectivity index (χ2v) is 21.0. The van der Waals surface area contributed by atoms with E-state index >= 15 is 0 Å². The summed E-state index contributed by atoms with van der Waals surface area (Å²) in [4.78, 5) is 27.5. The molecule has 6 saturated carbocycles. The molecule has 7 heteroatoms. The van der Waals surface area contributed by atoms with Gasteiger partial charge in [-0.05, 0) is 140 Å². The highest BCUT2D eigenvalue weighted by Crippen LogP contribution is 2.77. The Bertz CT molecular complexity index is 1540. The molecule has 1 aromatic rings. The van der Waals surface area contributed by atoms with E-state index in [-0.39, 0.29) is 50.4 Å². The third-order valence-electron chi connectivity index (χ3n) is 17.7. The molecule has 1 amide bonds. The number of rotatable bonds is 8. The number of fused-ring (bicyclic) bond motifs is 7. The van der Waals surface area contributed by atoms with E-state index in [1.807, 2.05) is 0 Å². The number of hydrogen-bond acceptors (Lipinski definition) is 6. The molecule has 1 aromatic heterocycles. The van der Waals surface area contributed by atoms with Crippen molar-refractivity contribution in [2.45, 2.75) is 171 Å². The smallest absolute Gasteiger partial charge is 0.311 e. The van der Waals surface area contributed by atoms with E-state index in [0.29, 0.717) is 53.6 Å². The highest BCUT2D eigenvalue weighted by atomic mass is 16.5. The Labute approximate surface area is 308 Å². The SMILES string of the molecule is C=C(C)OC(=O)C[C@@H]1CC[C@]2(C)[C@H](CC[C@]3(C)[C@@H]2CC[C@@H]2[C@H]4CCC[C@]4(C(=O)N[C@@H]4C[C@H](c5nnc(CC(C)C)o5)C4(C)C)CC[C@]23C)C1(C)C. The van der Waals surface area contributed by atoms with Crippen LogP contribution >= 0.6 is 0 Å². The van der Waals surface area contributed by atoms with Crippen LogP contribution in [0.5, 0.6) is 0 Å². The molecule has 0 unspecified atom stereocenters. The summed E-state index contributed by atoms with van der Waals surface area (Å²) in [6.45, 7) is 27.3. The molecule has 6 fully saturated rings. The topological polar surface area (TPSA) is 94.3 Å².